The Hall–Kier alpha value is -2.69. The van der Waals surface area contributed by atoms with Crippen molar-refractivity contribution in [3.8, 4) is 0 Å². The summed E-state index contributed by atoms with van der Waals surface area (Å²) in [5, 5.41) is 7.11. The molecule has 18 heavy (non-hydrogen) atoms. The standard InChI is InChI=1S/C13H8N4O/c18-13-10-8-14-11(15-12(10)16-17-13)7-6-9-4-2-1-3-5-9/h1-8H. The van der Waals surface area contributed by atoms with Gasteiger partial charge in [-0.1, -0.05) is 36.4 Å². The number of fused-ring (bicyclic) bond motifs is 1. The molecule has 0 saturated heterocycles. The molecular weight excluding hydrogens is 228 g/mol. The zero-order valence-corrected chi connectivity index (χ0v) is 9.32. The molecule has 1 aliphatic rings. The fourth-order valence-electron chi connectivity index (χ4n) is 1.57. The van der Waals surface area contributed by atoms with Crippen LogP contribution in [0.3, 0.4) is 0 Å². The lowest BCUT2D eigenvalue weighted by Gasteiger charge is -1.95. The van der Waals surface area contributed by atoms with Crippen molar-refractivity contribution >= 4 is 23.9 Å². The number of hydrogen-bond acceptors (Lipinski definition) is 4. The van der Waals surface area contributed by atoms with Crippen LogP contribution in [0.4, 0.5) is 5.82 Å². The molecule has 3 rings (SSSR count). The first kappa shape index (κ1) is 10.5. The third-order valence-electron chi connectivity index (χ3n) is 2.48. The Balaban J connectivity index is 1.89. The highest BCUT2D eigenvalue weighted by Crippen LogP contribution is 2.23. The summed E-state index contributed by atoms with van der Waals surface area (Å²) in [5.74, 6) is 0.456. The molecular formula is C13H8N4O. The molecule has 1 aliphatic heterocycles. The predicted octanol–water partition coefficient (Wildman–Crippen LogP) is 2.88. The molecule has 0 N–H and O–H groups in total. The van der Waals surface area contributed by atoms with E-state index in [1.54, 1.807) is 6.08 Å². The molecule has 5 nitrogen and oxygen atoms in total. The first-order chi connectivity index (χ1) is 8.83. The summed E-state index contributed by atoms with van der Waals surface area (Å²) >= 11 is 0. The van der Waals surface area contributed by atoms with E-state index in [4.69, 9.17) is 0 Å². The molecule has 0 saturated carbocycles. The van der Waals surface area contributed by atoms with Crippen LogP contribution in [-0.2, 0) is 0 Å². The second kappa shape index (κ2) is 4.29. The van der Waals surface area contributed by atoms with Gasteiger partial charge in [-0.2, -0.15) is 0 Å². The first-order valence-corrected chi connectivity index (χ1v) is 5.39. The molecule has 0 bridgehead atoms. The average Bonchev–Trinajstić information content (AvgIpc) is 2.79. The fraction of sp³-hybridized carbons (Fsp3) is 0. The average molecular weight is 236 g/mol. The molecule has 2 aromatic rings. The van der Waals surface area contributed by atoms with E-state index in [9.17, 15) is 4.79 Å². The maximum Gasteiger partial charge on any atom is 0.300 e. The van der Waals surface area contributed by atoms with Gasteiger partial charge in [0.15, 0.2) is 11.6 Å². The summed E-state index contributed by atoms with van der Waals surface area (Å²) in [7, 11) is 0. The molecule has 5 heteroatoms. The molecule has 2 heterocycles. The lowest BCUT2D eigenvalue weighted by molar-refractivity contribution is 0.100. The van der Waals surface area contributed by atoms with Gasteiger partial charge in [0.05, 0.1) is 0 Å². The first-order valence-electron chi connectivity index (χ1n) is 5.39. The minimum atomic E-state index is -0.386. The Kier molecular flexibility index (Phi) is 2.49. The van der Waals surface area contributed by atoms with Crippen LogP contribution in [-0.4, -0.2) is 15.9 Å². The monoisotopic (exact) mass is 236 g/mol. The zero-order valence-electron chi connectivity index (χ0n) is 9.32. The molecule has 86 valence electrons. The Morgan fingerprint density at radius 1 is 1.00 bits per heavy atom. The van der Waals surface area contributed by atoms with Gasteiger partial charge in [0.2, 0.25) is 0 Å². The van der Waals surface area contributed by atoms with Crippen molar-refractivity contribution in [2.75, 3.05) is 0 Å². The number of benzene rings is 1. The van der Waals surface area contributed by atoms with Gasteiger partial charge in [-0.05, 0) is 11.6 Å². The van der Waals surface area contributed by atoms with Crippen LogP contribution < -0.4 is 0 Å². The van der Waals surface area contributed by atoms with Gasteiger partial charge in [0, 0.05) is 6.20 Å². The molecule has 1 amide bonds. The highest BCUT2D eigenvalue weighted by Gasteiger charge is 2.19. The zero-order chi connectivity index (χ0) is 12.4. The molecule has 0 fully saturated rings. The fourth-order valence-corrected chi connectivity index (χ4v) is 1.57. The van der Waals surface area contributed by atoms with Crippen LogP contribution in [0.25, 0.3) is 12.2 Å². The second-order valence-electron chi connectivity index (χ2n) is 3.71. The summed E-state index contributed by atoms with van der Waals surface area (Å²) in [4.78, 5) is 19.4. The van der Waals surface area contributed by atoms with Crippen LogP contribution in [0, 0.1) is 0 Å². The van der Waals surface area contributed by atoms with Crippen molar-refractivity contribution in [3.05, 3.63) is 53.5 Å². The minimum absolute atomic E-state index is 0.336. The summed E-state index contributed by atoms with van der Waals surface area (Å²) in [6, 6.07) is 9.82. The predicted molar refractivity (Wildman–Crippen MR) is 66.2 cm³/mol. The smallest absolute Gasteiger partial charge is 0.265 e. The number of amides is 1. The molecule has 1 aromatic heterocycles. The quantitative estimate of drug-likeness (QED) is 0.805. The van der Waals surface area contributed by atoms with E-state index in [0.29, 0.717) is 17.2 Å². The van der Waals surface area contributed by atoms with E-state index in [-0.39, 0.29) is 5.91 Å². The lowest BCUT2D eigenvalue weighted by Crippen LogP contribution is -1.94. The molecule has 0 radical (unpaired) electrons. The highest BCUT2D eigenvalue weighted by molar-refractivity contribution is 6.00. The van der Waals surface area contributed by atoms with E-state index in [2.05, 4.69) is 20.2 Å². The highest BCUT2D eigenvalue weighted by atomic mass is 16.2. The summed E-state index contributed by atoms with van der Waals surface area (Å²) in [6.45, 7) is 0. The van der Waals surface area contributed by atoms with Crippen LogP contribution in [0.15, 0.2) is 46.8 Å². The van der Waals surface area contributed by atoms with E-state index < -0.39 is 0 Å². The van der Waals surface area contributed by atoms with Crippen molar-refractivity contribution < 1.29 is 4.79 Å². The van der Waals surface area contributed by atoms with Gasteiger partial charge in [0.1, 0.15) is 5.56 Å². The van der Waals surface area contributed by atoms with Crippen molar-refractivity contribution in [1.82, 2.24) is 9.97 Å². The molecule has 0 aliphatic carbocycles. The summed E-state index contributed by atoms with van der Waals surface area (Å²) < 4.78 is 0. The Bertz CT molecular complexity index is 662. The normalized spacial score (nSPS) is 13.2. The van der Waals surface area contributed by atoms with E-state index in [1.807, 2.05) is 36.4 Å². The van der Waals surface area contributed by atoms with E-state index >= 15 is 0 Å². The number of nitrogens with zero attached hydrogens (tertiary/aromatic N) is 4. The summed E-state index contributed by atoms with van der Waals surface area (Å²) in [5.41, 5.74) is 1.41. The largest absolute Gasteiger partial charge is 0.300 e. The number of azo groups is 1. The van der Waals surface area contributed by atoms with Crippen molar-refractivity contribution in [3.63, 3.8) is 0 Å². The molecule has 0 spiro atoms. The maximum atomic E-state index is 11.2. The van der Waals surface area contributed by atoms with Gasteiger partial charge in [-0.25, -0.2) is 9.97 Å². The SMILES string of the molecule is O=C1N=Nc2nc(C=Cc3ccccc3)ncc21. The van der Waals surface area contributed by atoms with Gasteiger partial charge in [-0.3, -0.25) is 4.79 Å². The van der Waals surface area contributed by atoms with Gasteiger partial charge in [-0.15, -0.1) is 10.2 Å². The summed E-state index contributed by atoms with van der Waals surface area (Å²) in [6.07, 6.45) is 5.12. The van der Waals surface area contributed by atoms with Gasteiger partial charge < -0.3 is 0 Å². The van der Waals surface area contributed by atoms with E-state index in [0.717, 1.165) is 5.56 Å². The molecule has 0 unspecified atom stereocenters. The minimum Gasteiger partial charge on any atom is -0.265 e. The number of hydrogen-bond donors (Lipinski definition) is 0. The number of aromatic nitrogens is 2. The number of rotatable bonds is 2. The maximum absolute atomic E-state index is 11.2. The Morgan fingerprint density at radius 2 is 1.83 bits per heavy atom. The van der Waals surface area contributed by atoms with E-state index in [1.165, 1.54) is 6.20 Å². The van der Waals surface area contributed by atoms with Crippen molar-refractivity contribution in [1.29, 1.82) is 0 Å². The van der Waals surface area contributed by atoms with Gasteiger partial charge >= 0.3 is 5.91 Å². The third-order valence-corrected chi connectivity index (χ3v) is 2.48. The van der Waals surface area contributed by atoms with Crippen LogP contribution in [0.1, 0.15) is 21.7 Å². The molecule has 1 aromatic carbocycles. The third kappa shape index (κ3) is 1.93. The van der Waals surface area contributed by atoms with Crippen LogP contribution in [0.2, 0.25) is 0 Å². The van der Waals surface area contributed by atoms with Crippen LogP contribution >= 0.6 is 0 Å². The lowest BCUT2D eigenvalue weighted by atomic mass is 10.2. The van der Waals surface area contributed by atoms with Gasteiger partial charge in [0.25, 0.3) is 0 Å². The Morgan fingerprint density at radius 3 is 2.67 bits per heavy atom. The van der Waals surface area contributed by atoms with Crippen molar-refractivity contribution in [2.24, 2.45) is 10.2 Å². The molecule has 0 atom stereocenters. The van der Waals surface area contributed by atoms with Crippen molar-refractivity contribution in [2.45, 2.75) is 0 Å². The van der Waals surface area contributed by atoms with Crippen LogP contribution in [0.5, 0.6) is 0 Å². The topological polar surface area (TPSA) is 67.6 Å². The number of carbonyl (C=O) groups excluding carboxylic acids is 1. The second-order valence-corrected chi connectivity index (χ2v) is 3.71. The Labute approximate surface area is 103 Å². The number of carbonyl (C=O) groups is 1.